The van der Waals surface area contributed by atoms with Gasteiger partial charge in [-0.25, -0.2) is 13.4 Å². The molecule has 0 aliphatic carbocycles. The van der Waals surface area contributed by atoms with Crippen molar-refractivity contribution in [3.63, 3.8) is 0 Å². The molecule has 1 saturated heterocycles. The predicted octanol–water partition coefficient (Wildman–Crippen LogP) is 4.67. The maximum absolute atomic E-state index is 13.1. The van der Waals surface area contributed by atoms with Crippen molar-refractivity contribution in [3.05, 3.63) is 77.9 Å². The summed E-state index contributed by atoms with van der Waals surface area (Å²) in [6.07, 6.45) is 0. The van der Waals surface area contributed by atoms with Crippen molar-refractivity contribution in [2.75, 3.05) is 31.6 Å². The molecule has 1 amide bonds. The van der Waals surface area contributed by atoms with E-state index in [0.717, 1.165) is 16.0 Å². The number of hydrogen-bond acceptors (Lipinski definition) is 7. The topological polar surface area (TPSA) is 97.8 Å². The molecule has 180 valence electrons. The Labute approximate surface area is 207 Å². The number of aromatic nitrogens is 1. The minimum absolute atomic E-state index is 0.0853. The number of para-hydroxylation sites is 1. The van der Waals surface area contributed by atoms with E-state index in [1.165, 1.54) is 27.8 Å². The molecule has 4 aromatic rings. The maximum atomic E-state index is 13.1. The monoisotopic (exact) mass is 509 g/mol. The number of hydrogen-bond donors (Lipinski definition) is 1. The summed E-state index contributed by atoms with van der Waals surface area (Å²) >= 11 is 1.32. The van der Waals surface area contributed by atoms with Gasteiger partial charge < -0.3 is 9.47 Å². The fourth-order valence-corrected chi connectivity index (χ4v) is 6.08. The molecule has 0 radical (unpaired) electrons. The molecule has 35 heavy (non-hydrogen) atoms. The number of amides is 1. The van der Waals surface area contributed by atoms with Crippen LogP contribution in [0.3, 0.4) is 0 Å². The highest BCUT2D eigenvalue weighted by atomic mass is 32.2. The van der Waals surface area contributed by atoms with Crippen LogP contribution in [0.15, 0.2) is 71.6 Å². The molecule has 2 heterocycles. The number of anilines is 1. The van der Waals surface area contributed by atoms with Crippen LogP contribution < -0.4 is 10.1 Å². The molecule has 1 aliphatic rings. The van der Waals surface area contributed by atoms with Crippen molar-refractivity contribution < 1.29 is 22.7 Å². The molecule has 1 N–H and O–H groups in total. The molecule has 1 aliphatic heterocycles. The van der Waals surface area contributed by atoms with Crippen LogP contribution in [0.2, 0.25) is 0 Å². The average Bonchev–Trinajstić information content (AvgIpc) is 3.26. The molecular weight excluding hydrogens is 486 g/mol. The number of rotatable bonds is 6. The number of aryl methyl sites for hydroxylation is 1. The highest BCUT2D eigenvalue weighted by Crippen LogP contribution is 2.32. The van der Waals surface area contributed by atoms with E-state index in [2.05, 4.69) is 10.3 Å². The van der Waals surface area contributed by atoms with E-state index >= 15 is 0 Å². The molecule has 1 fully saturated rings. The predicted molar refractivity (Wildman–Crippen MR) is 135 cm³/mol. The second-order valence-electron chi connectivity index (χ2n) is 8.01. The summed E-state index contributed by atoms with van der Waals surface area (Å²) in [5.74, 6) is 0.982. The Bertz CT molecular complexity index is 1480. The van der Waals surface area contributed by atoms with Gasteiger partial charge in [-0.15, -0.1) is 0 Å². The molecule has 0 unspecified atom stereocenters. The molecule has 10 heteroatoms. The molecule has 1 aromatic heterocycles. The van der Waals surface area contributed by atoms with E-state index in [9.17, 15) is 13.2 Å². The number of carbonyl (C=O) groups is 1. The highest BCUT2D eigenvalue weighted by Gasteiger charge is 2.27. The van der Waals surface area contributed by atoms with Gasteiger partial charge in [0.05, 0.1) is 28.3 Å². The third kappa shape index (κ3) is 5.06. The SMILES string of the molecule is Cc1ccc(S(=O)(=O)N2CCOCC2)cc1C(=O)Nc1nc2ccc(Oc3ccccc3)cc2s1. The summed E-state index contributed by atoms with van der Waals surface area (Å²) in [5.41, 5.74) is 1.68. The van der Waals surface area contributed by atoms with Gasteiger partial charge in [0.2, 0.25) is 10.0 Å². The van der Waals surface area contributed by atoms with E-state index in [4.69, 9.17) is 9.47 Å². The maximum Gasteiger partial charge on any atom is 0.257 e. The van der Waals surface area contributed by atoms with Gasteiger partial charge in [-0.1, -0.05) is 35.6 Å². The quantitative estimate of drug-likeness (QED) is 0.406. The summed E-state index contributed by atoms with van der Waals surface area (Å²) < 4.78 is 39.4. The van der Waals surface area contributed by atoms with Crippen LogP contribution >= 0.6 is 11.3 Å². The zero-order chi connectivity index (χ0) is 24.4. The van der Waals surface area contributed by atoms with Crippen LogP contribution in [0.1, 0.15) is 15.9 Å². The molecule has 3 aromatic carbocycles. The number of benzene rings is 3. The third-order valence-electron chi connectivity index (χ3n) is 5.62. The standard InChI is InChI=1S/C25H23N3O5S2/c1-17-7-9-20(35(30,31)28-11-13-32-14-12-28)16-21(17)24(29)27-25-26-22-10-8-19(15-23(22)34-25)33-18-5-3-2-4-6-18/h2-10,15-16H,11-14H2,1H3,(H,26,27,29). The number of nitrogens with one attached hydrogen (secondary N) is 1. The van der Waals surface area contributed by atoms with Crippen molar-refractivity contribution in [2.24, 2.45) is 0 Å². The lowest BCUT2D eigenvalue weighted by atomic mass is 10.1. The van der Waals surface area contributed by atoms with Crippen LogP contribution in [0.5, 0.6) is 11.5 Å². The number of morpholine rings is 1. The van der Waals surface area contributed by atoms with E-state index in [1.807, 2.05) is 48.5 Å². The molecule has 0 spiro atoms. The van der Waals surface area contributed by atoms with Crippen molar-refractivity contribution in [3.8, 4) is 11.5 Å². The number of nitrogens with zero attached hydrogens (tertiary/aromatic N) is 2. The largest absolute Gasteiger partial charge is 0.457 e. The van der Waals surface area contributed by atoms with E-state index in [0.29, 0.717) is 42.7 Å². The van der Waals surface area contributed by atoms with Crippen molar-refractivity contribution in [1.82, 2.24) is 9.29 Å². The van der Waals surface area contributed by atoms with Crippen LogP contribution in [0.4, 0.5) is 5.13 Å². The van der Waals surface area contributed by atoms with Gasteiger partial charge in [-0.3, -0.25) is 10.1 Å². The van der Waals surface area contributed by atoms with Gasteiger partial charge in [0.15, 0.2) is 5.13 Å². The normalized spacial score (nSPS) is 14.7. The Morgan fingerprint density at radius 1 is 1.03 bits per heavy atom. The molecule has 0 atom stereocenters. The Kier molecular flexibility index (Phi) is 6.52. The zero-order valence-corrected chi connectivity index (χ0v) is 20.6. The van der Waals surface area contributed by atoms with E-state index in [1.54, 1.807) is 13.0 Å². The van der Waals surface area contributed by atoms with Gasteiger partial charge in [-0.2, -0.15) is 4.31 Å². The minimum Gasteiger partial charge on any atom is -0.457 e. The molecular formula is C25H23N3O5S2. The fraction of sp³-hybridized carbons (Fsp3) is 0.200. The second-order valence-corrected chi connectivity index (χ2v) is 11.0. The smallest absolute Gasteiger partial charge is 0.257 e. The van der Waals surface area contributed by atoms with Crippen molar-refractivity contribution >= 4 is 42.6 Å². The zero-order valence-electron chi connectivity index (χ0n) is 18.9. The summed E-state index contributed by atoms with van der Waals surface area (Å²) in [7, 11) is -3.71. The molecule has 5 rings (SSSR count). The number of carbonyl (C=O) groups excluding carboxylic acids is 1. The number of sulfonamides is 1. The van der Waals surface area contributed by atoms with Gasteiger partial charge >= 0.3 is 0 Å². The van der Waals surface area contributed by atoms with Crippen LogP contribution in [0.25, 0.3) is 10.2 Å². The Balaban J connectivity index is 1.36. The van der Waals surface area contributed by atoms with Gasteiger partial charge in [0, 0.05) is 24.7 Å². The lowest BCUT2D eigenvalue weighted by Gasteiger charge is -2.26. The van der Waals surface area contributed by atoms with Crippen LogP contribution in [-0.4, -0.2) is 49.9 Å². The van der Waals surface area contributed by atoms with E-state index < -0.39 is 15.9 Å². The Morgan fingerprint density at radius 3 is 2.57 bits per heavy atom. The first-order valence-corrected chi connectivity index (χ1v) is 13.3. The second kappa shape index (κ2) is 9.74. The number of thiazole rings is 1. The first-order valence-electron chi connectivity index (χ1n) is 11.0. The Hall–Kier alpha value is -3.31. The molecule has 8 nitrogen and oxygen atoms in total. The molecule has 0 saturated carbocycles. The molecule has 0 bridgehead atoms. The van der Waals surface area contributed by atoms with Gasteiger partial charge in [-0.05, 0) is 48.9 Å². The Morgan fingerprint density at radius 2 is 1.80 bits per heavy atom. The van der Waals surface area contributed by atoms with Gasteiger partial charge in [0.1, 0.15) is 11.5 Å². The highest BCUT2D eigenvalue weighted by molar-refractivity contribution is 7.89. The summed E-state index contributed by atoms with van der Waals surface area (Å²) in [6.45, 7) is 3.06. The van der Waals surface area contributed by atoms with Crippen molar-refractivity contribution in [1.29, 1.82) is 0 Å². The first-order chi connectivity index (χ1) is 16.9. The lowest BCUT2D eigenvalue weighted by Crippen LogP contribution is -2.40. The fourth-order valence-electron chi connectivity index (χ4n) is 3.75. The third-order valence-corrected chi connectivity index (χ3v) is 8.45. The number of ether oxygens (including phenoxy) is 2. The minimum atomic E-state index is -3.71. The summed E-state index contributed by atoms with van der Waals surface area (Å²) in [5, 5.41) is 3.23. The average molecular weight is 510 g/mol. The summed E-state index contributed by atoms with van der Waals surface area (Å²) in [6, 6.07) is 19.6. The van der Waals surface area contributed by atoms with E-state index in [-0.39, 0.29) is 10.5 Å². The number of fused-ring (bicyclic) bond motifs is 1. The first kappa shape index (κ1) is 23.4. The summed E-state index contributed by atoms with van der Waals surface area (Å²) in [4.78, 5) is 17.7. The van der Waals surface area contributed by atoms with Crippen molar-refractivity contribution in [2.45, 2.75) is 11.8 Å². The van der Waals surface area contributed by atoms with Crippen LogP contribution in [0, 0.1) is 6.92 Å². The lowest BCUT2D eigenvalue weighted by molar-refractivity contribution is 0.0730. The van der Waals surface area contributed by atoms with Gasteiger partial charge in [0.25, 0.3) is 5.91 Å². The van der Waals surface area contributed by atoms with Crippen LogP contribution in [-0.2, 0) is 14.8 Å².